The van der Waals surface area contributed by atoms with Crippen LogP contribution in [0.25, 0.3) is 0 Å². The van der Waals surface area contributed by atoms with E-state index in [1.807, 2.05) is 6.08 Å². The van der Waals surface area contributed by atoms with Crippen LogP contribution in [0.1, 0.15) is 77.6 Å². The molecule has 134 valence electrons. The fourth-order valence-corrected chi connectivity index (χ4v) is 2.79. The predicted octanol–water partition coefficient (Wildman–Crippen LogP) is 4.15. The van der Waals surface area contributed by atoms with Crippen molar-refractivity contribution in [3.8, 4) is 0 Å². The molecule has 1 N–H and O–H groups in total. The van der Waals surface area contributed by atoms with Crippen molar-refractivity contribution in [2.24, 2.45) is 0 Å². The Morgan fingerprint density at radius 2 is 1.91 bits per heavy atom. The van der Waals surface area contributed by atoms with Crippen molar-refractivity contribution in [1.29, 1.82) is 0 Å². The number of aliphatic hydroxyl groups is 1. The highest BCUT2D eigenvalue weighted by molar-refractivity contribution is 5.68. The lowest BCUT2D eigenvalue weighted by molar-refractivity contribution is -0.140. The van der Waals surface area contributed by atoms with Gasteiger partial charge in [-0.15, -0.1) is 0 Å². The Morgan fingerprint density at radius 1 is 1.17 bits per heavy atom. The Hall–Kier alpha value is -0.870. The first kappa shape index (κ1) is 20.2. The van der Waals surface area contributed by atoms with E-state index in [-0.39, 0.29) is 18.2 Å². The minimum absolute atomic E-state index is 0.0109. The van der Waals surface area contributed by atoms with Crippen LogP contribution in [0, 0.1) is 0 Å². The number of esters is 1. The molecular weight excluding hydrogens is 292 g/mol. The van der Waals surface area contributed by atoms with Gasteiger partial charge in [-0.25, -0.2) is 0 Å². The van der Waals surface area contributed by atoms with Gasteiger partial charge in [0, 0.05) is 6.42 Å². The summed E-state index contributed by atoms with van der Waals surface area (Å²) in [6, 6.07) is 0. The second-order valence-electron chi connectivity index (χ2n) is 6.44. The minimum atomic E-state index is -0.443. The van der Waals surface area contributed by atoms with Crippen molar-refractivity contribution in [2.45, 2.75) is 95.9 Å². The molecule has 3 atom stereocenters. The van der Waals surface area contributed by atoms with Crippen molar-refractivity contribution < 1.29 is 19.4 Å². The number of carbonyl (C=O) groups excluding carboxylic acids is 1. The van der Waals surface area contributed by atoms with Gasteiger partial charge in [0.2, 0.25) is 0 Å². The molecule has 0 spiro atoms. The average Bonchev–Trinajstić information content (AvgIpc) is 3.33. The molecule has 23 heavy (non-hydrogen) atoms. The molecule has 1 heterocycles. The van der Waals surface area contributed by atoms with Crippen molar-refractivity contribution >= 4 is 5.97 Å². The van der Waals surface area contributed by atoms with Crippen LogP contribution in [0.4, 0.5) is 0 Å². The SMILES string of the molecule is CCCCC/C=C\[C@@H](O)[C@H]1O[C@@H]1CCCCCCCC(=O)OC. The van der Waals surface area contributed by atoms with Crippen molar-refractivity contribution in [3.63, 3.8) is 0 Å². The van der Waals surface area contributed by atoms with Crippen LogP contribution < -0.4 is 0 Å². The molecule has 1 fully saturated rings. The Morgan fingerprint density at radius 3 is 2.65 bits per heavy atom. The molecule has 1 aliphatic heterocycles. The fourth-order valence-electron chi connectivity index (χ4n) is 2.79. The number of unbranched alkanes of at least 4 members (excludes halogenated alkanes) is 7. The molecule has 0 saturated carbocycles. The molecule has 0 amide bonds. The van der Waals surface area contributed by atoms with Crippen molar-refractivity contribution in [3.05, 3.63) is 12.2 Å². The summed E-state index contributed by atoms with van der Waals surface area (Å²) in [4.78, 5) is 11.0. The summed E-state index contributed by atoms with van der Waals surface area (Å²) in [5, 5.41) is 10.0. The summed E-state index contributed by atoms with van der Waals surface area (Å²) in [7, 11) is 1.43. The van der Waals surface area contributed by atoms with E-state index in [4.69, 9.17) is 4.74 Å². The second kappa shape index (κ2) is 12.5. The zero-order chi connectivity index (χ0) is 16.9. The first-order chi connectivity index (χ1) is 11.2. The number of ether oxygens (including phenoxy) is 2. The maximum atomic E-state index is 11.0. The maximum absolute atomic E-state index is 11.0. The van der Waals surface area contributed by atoms with Crippen LogP contribution in [-0.4, -0.2) is 36.5 Å². The third kappa shape index (κ3) is 9.77. The molecule has 0 unspecified atom stereocenters. The van der Waals surface area contributed by atoms with Crippen LogP contribution in [0.3, 0.4) is 0 Å². The third-order valence-electron chi connectivity index (χ3n) is 4.36. The number of allylic oxidation sites excluding steroid dienone is 1. The van der Waals surface area contributed by atoms with E-state index in [0.29, 0.717) is 6.42 Å². The molecule has 0 aromatic carbocycles. The second-order valence-corrected chi connectivity index (χ2v) is 6.44. The summed E-state index contributed by atoms with van der Waals surface area (Å²) in [5.74, 6) is -0.115. The average molecular weight is 326 g/mol. The number of hydrogen-bond donors (Lipinski definition) is 1. The Labute approximate surface area is 141 Å². The predicted molar refractivity (Wildman–Crippen MR) is 92.3 cm³/mol. The van der Waals surface area contributed by atoms with E-state index >= 15 is 0 Å². The topological polar surface area (TPSA) is 59.1 Å². The molecule has 1 rings (SSSR count). The monoisotopic (exact) mass is 326 g/mol. The molecule has 0 aromatic rings. The Balaban J connectivity index is 1.93. The highest BCUT2D eigenvalue weighted by atomic mass is 16.6. The molecule has 4 nitrogen and oxygen atoms in total. The van der Waals surface area contributed by atoms with E-state index < -0.39 is 6.10 Å². The normalized spacial score (nSPS) is 21.5. The van der Waals surface area contributed by atoms with Gasteiger partial charge in [0.05, 0.1) is 13.2 Å². The van der Waals surface area contributed by atoms with Crippen molar-refractivity contribution in [1.82, 2.24) is 0 Å². The summed E-state index contributed by atoms with van der Waals surface area (Å²) in [6.07, 6.45) is 15.5. The zero-order valence-corrected chi connectivity index (χ0v) is 14.8. The van der Waals surface area contributed by atoms with Crippen LogP contribution in [0.5, 0.6) is 0 Å². The molecule has 0 radical (unpaired) electrons. The van der Waals surface area contributed by atoms with E-state index in [2.05, 4.69) is 17.7 Å². The lowest BCUT2D eigenvalue weighted by Gasteiger charge is -2.02. The summed E-state index contributed by atoms with van der Waals surface area (Å²) in [5.41, 5.74) is 0. The number of methoxy groups -OCH3 is 1. The van der Waals surface area contributed by atoms with Crippen LogP contribution >= 0.6 is 0 Å². The first-order valence-electron chi connectivity index (χ1n) is 9.26. The number of carbonyl (C=O) groups is 1. The Kier molecular flexibility index (Phi) is 11.0. The lowest BCUT2D eigenvalue weighted by Crippen LogP contribution is -2.13. The lowest BCUT2D eigenvalue weighted by atomic mass is 10.0. The highest BCUT2D eigenvalue weighted by Crippen LogP contribution is 2.31. The van der Waals surface area contributed by atoms with Gasteiger partial charge in [-0.3, -0.25) is 4.79 Å². The number of epoxide rings is 1. The van der Waals surface area contributed by atoms with Gasteiger partial charge in [-0.2, -0.15) is 0 Å². The molecule has 0 aromatic heterocycles. The van der Waals surface area contributed by atoms with Crippen molar-refractivity contribution in [2.75, 3.05) is 7.11 Å². The van der Waals surface area contributed by atoms with Gasteiger partial charge in [-0.1, -0.05) is 57.6 Å². The summed E-state index contributed by atoms with van der Waals surface area (Å²) in [6.45, 7) is 2.19. The fraction of sp³-hybridized carbons (Fsp3) is 0.842. The smallest absolute Gasteiger partial charge is 0.305 e. The van der Waals surface area contributed by atoms with E-state index in [1.54, 1.807) is 0 Å². The van der Waals surface area contributed by atoms with Crippen LogP contribution in [-0.2, 0) is 14.3 Å². The summed E-state index contributed by atoms with van der Waals surface area (Å²) >= 11 is 0. The van der Waals surface area contributed by atoms with Gasteiger partial charge >= 0.3 is 5.97 Å². The van der Waals surface area contributed by atoms with E-state index in [0.717, 1.165) is 44.9 Å². The van der Waals surface area contributed by atoms with Gasteiger partial charge in [0.1, 0.15) is 12.2 Å². The number of rotatable bonds is 14. The van der Waals surface area contributed by atoms with Gasteiger partial charge in [-0.05, 0) is 25.7 Å². The molecule has 1 saturated heterocycles. The molecular formula is C19H34O4. The molecule has 4 heteroatoms. The van der Waals surface area contributed by atoms with Crippen LogP contribution in [0.15, 0.2) is 12.2 Å². The van der Waals surface area contributed by atoms with Crippen LogP contribution in [0.2, 0.25) is 0 Å². The largest absolute Gasteiger partial charge is 0.469 e. The molecule has 1 aliphatic rings. The van der Waals surface area contributed by atoms with E-state index in [9.17, 15) is 9.90 Å². The molecule has 0 aliphatic carbocycles. The third-order valence-corrected chi connectivity index (χ3v) is 4.36. The number of hydrogen-bond acceptors (Lipinski definition) is 4. The minimum Gasteiger partial charge on any atom is -0.469 e. The first-order valence-corrected chi connectivity index (χ1v) is 9.26. The molecule has 0 bridgehead atoms. The van der Waals surface area contributed by atoms with E-state index in [1.165, 1.54) is 26.4 Å². The van der Waals surface area contributed by atoms with Gasteiger partial charge in [0.15, 0.2) is 0 Å². The quantitative estimate of drug-likeness (QED) is 0.225. The number of aliphatic hydroxyl groups excluding tert-OH is 1. The zero-order valence-electron chi connectivity index (χ0n) is 14.8. The highest BCUT2D eigenvalue weighted by Gasteiger charge is 2.42. The Bertz CT molecular complexity index is 340. The standard InChI is InChI=1S/C19H34O4/c1-3-4-5-7-10-13-16(20)19-17(23-19)14-11-8-6-9-12-15-18(21)22-2/h10,13,16-17,19-20H,3-9,11-12,14-15H2,1-2H3/b13-10-/t16-,17-,19-/m1/s1. The van der Waals surface area contributed by atoms with Gasteiger partial charge < -0.3 is 14.6 Å². The van der Waals surface area contributed by atoms with Gasteiger partial charge in [0.25, 0.3) is 0 Å². The summed E-state index contributed by atoms with van der Waals surface area (Å²) < 4.78 is 10.2. The maximum Gasteiger partial charge on any atom is 0.305 e.